The lowest BCUT2D eigenvalue weighted by molar-refractivity contribution is -0.115. The highest BCUT2D eigenvalue weighted by molar-refractivity contribution is 7.89. The zero-order chi connectivity index (χ0) is 31.1. The molecule has 4 aromatic rings. The third-order valence-electron chi connectivity index (χ3n) is 6.93. The second-order valence-electron chi connectivity index (χ2n) is 9.98. The van der Waals surface area contributed by atoms with E-state index in [1.165, 1.54) is 34.8 Å². The van der Waals surface area contributed by atoms with Crippen LogP contribution in [0.1, 0.15) is 28.8 Å². The summed E-state index contributed by atoms with van der Waals surface area (Å²) in [5.41, 5.74) is 1.15. The second kappa shape index (κ2) is 13.4. The maximum atomic E-state index is 13.0. The number of pyridine rings is 1. The van der Waals surface area contributed by atoms with E-state index in [1.807, 2.05) is 0 Å². The van der Waals surface area contributed by atoms with Gasteiger partial charge in [0.05, 0.1) is 29.1 Å². The summed E-state index contributed by atoms with van der Waals surface area (Å²) in [5, 5.41) is 11.9. The van der Waals surface area contributed by atoms with Crippen LogP contribution in [0.25, 0.3) is 4.85 Å². The van der Waals surface area contributed by atoms with Gasteiger partial charge in [-0.1, -0.05) is 30.3 Å². The summed E-state index contributed by atoms with van der Waals surface area (Å²) in [7, 11) is -3.68. The maximum Gasteiger partial charge on any atom is 0.337 e. The van der Waals surface area contributed by atoms with E-state index in [0.717, 1.165) is 0 Å². The van der Waals surface area contributed by atoms with Crippen molar-refractivity contribution in [3.05, 3.63) is 114 Å². The first-order valence-corrected chi connectivity index (χ1v) is 15.1. The van der Waals surface area contributed by atoms with Gasteiger partial charge in [-0.15, -0.1) is 0 Å². The smallest absolute Gasteiger partial charge is 0.337 e. The van der Waals surface area contributed by atoms with Crippen LogP contribution in [0.5, 0.6) is 17.4 Å². The third-order valence-corrected chi connectivity index (χ3v) is 8.82. The molecular weight excluding hydrogens is 584 g/mol. The molecule has 224 valence electrons. The monoisotopic (exact) mass is 612 g/mol. The lowest BCUT2D eigenvalue weighted by Crippen LogP contribution is -2.41. The van der Waals surface area contributed by atoms with Crippen LogP contribution in [0.3, 0.4) is 0 Å². The number of carboxylic acid groups (broad SMARTS) is 1. The fourth-order valence-electron chi connectivity index (χ4n) is 4.69. The number of anilines is 1. The van der Waals surface area contributed by atoms with Crippen molar-refractivity contribution in [1.29, 1.82) is 0 Å². The fourth-order valence-corrected chi connectivity index (χ4v) is 6.20. The van der Waals surface area contributed by atoms with E-state index in [0.29, 0.717) is 48.9 Å². The van der Waals surface area contributed by atoms with Gasteiger partial charge in [0.15, 0.2) is 5.69 Å². The van der Waals surface area contributed by atoms with Gasteiger partial charge < -0.3 is 19.9 Å². The topological polar surface area (TPSA) is 139 Å². The van der Waals surface area contributed by atoms with Gasteiger partial charge in [0.2, 0.25) is 21.8 Å². The maximum absolute atomic E-state index is 13.0. The second-order valence-corrected chi connectivity index (χ2v) is 11.9. The van der Waals surface area contributed by atoms with Crippen LogP contribution in [0.4, 0.5) is 11.4 Å². The number of aromatic nitrogens is 1. The summed E-state index contributed by atoms with van der Waals surface area (Å²) in [6, 6.07) is 22.6. The number of carboxylic acids is 1. The van der Waals surface area contributed by atoms with E-state index < -0.39 is 16.0 Å². The van der Waals surface area contributed by atoms with Crippen LogP contribution in [-0.2, 0) is 21.2 Å². The van der Waals surface area contributed by atoms with E-state index in [2.05, 4.69) is 15.1 Å². The summed E-state index contributed by atoms with van der Waals surface area (Å²) in [4.78, 5) is 31.5. The molecule has 44 heavy (non-hydrogen) atoms. The van der Waals surface area contributed by atoms with Crippen molar-refractivity contribution in [3.63, 3.8) is 0 Å². The Bertz CT molecular complexity index is 1800. The summed E-state index contributed by atoms with van der Waals surface area (Å²) < 4.78 is 39.3. The Kier molecular flexibility index (Phi) is 9.18. The number of para-hydroxylation sites is 1. The SMILES string of the molecule is [C-]#[N+]c1cccc(S(=O)(=O)N2CCC(Oc3ccc(Oc4ccc(CC(=O)Nc5ccccc5C(=O)O)cn4)cc3)CC2)c1. The van der Waals surface area contributed by atoms with Gasteiger partial charge in [-0.3, -0.25) is 4.79 Å². The van der Waals surface area contributed by atoms with E-state index in [-0.39, 0.29) is 40.3 Å². The van der Waals surface area contributed by atoms with Crippen LogP contribution in [0.15, 0.2) is 96.0 Å². The molecule has 0 bridgehead atoms. The average molecular weight is 613 g/mol. The number of hydrogen-bond acceptors (Lipinski definition) is 7. The molecule has 3 aromatic carbocycles. The van der Waals surface area contributed by atoms with Crippen LogP contribution < -0.4 is 14.8 Å². The van der Waals surface area contributed by atoms with E-state index in [1.54, 1.807) is 60.7 Å². The van der Waals surface area contributed by atoms with Crippen molar-refractivity contribution in [2.45, 2.75) is 30.3 Å². The molecule has 1 aliphatic rings. The number of carbonyl (C=O) groups excluding carboxylic acids is 1. The van der Waals surface area contributed by atoms with E-state index >= 15 is 0 Å². The van der Waals surface area contributed by atoms with Crippen molar-refractivity contribution in [2.24, 2.45) is 0 Å². The molecule has 0 saturated carbocycles. The quantitative estimate of drug-likeness (QED) is 0.223. The van der Waals surface area contributed by atoms with Gasteiger partial charge >= 0.3 is 5.97 Å². The zero-order valence-electron chi connectivity index (χ0n) is 23.4. The number of amides is 1. The summed E-state index contributed by atoms with van der Waals surface area (Å²) in [6.07, 6.45) is 2.43. The molecule has 0 atom stereocenters. The minimum Gasteiger partial charge on any atom is -0.490 e. The first-order valence-electron chi connectivity index (χ1n) is 13.7. The Balaban J connectivity index is 1.10. The Labute approximate surface area is 254 Å². The highest BCUT2D eigenvalue weighted by Crippen LogP contribution is 2.28. The molecule has 0 radical (unpaired) electrons. The van der Waals surface area contributed by atoms with Gasteiger partial charge in [-0.25, -0.2) is 23.0 Å². The summed E-state index contributed by atoms with van der Waals surface area (Å²) >= 11 is 0. The molecule has 11 nitrogen and oxygen atoms in total. The zero-order valence-corrected chi connectivity index (χ0v) is 24.2. The largest absolute Gasteiger partial charge is 0.490 e. The predicted octanol–water partition coefficient (Wildman–Crippen LogP) is 5.54. The minimum atomic E-state index is -3.68. The molecule has 1 aromatic heterocycles. The highest BCUT2D eigenvalue weighted by atomic mass is 32.2. The third kappa shape index (κ3) is 7.38. The number of sulfonamides is 1. The number of aromatic carboxylic acids is 1. The number of nitrogens with zero attached hydrogens (tertiary/aromatic N) is 3. The lowest BCUT2D eigenvalue weighted by atomic mass is 10.1. The molecule has 1 saturated heterocycles. The fraction of sp³-hybridized carbons (Fsp3) is 0.188. The molecule has 0 spiro atoms. The molecule has 1 fully saturated rings. The molecule has 0 unspecified atom stereocenters. The predicted molar refractivity (Wildman–Crippen MR) is 162 cm³/mol. The van der Waals surface area contributed by atoms with Gasteiger partial charge in [0.1, 0.15) is 17.6 Å². The number of carbonyl (C=O) groups is 2. The van der Waals surface area contributed by atoms with Crippen LogP contribution in [0.2, 0.25) is 0 Å². The molecule has 5 rings (SSSR count). The van der Waals surface area contributed by atoms with Crippen molar-refractivity contribution in [1.82, 2.24) is 9.29 Å². The Morgan fingerprint density at radius 2 is 1.70 bits per heavy atom. The normalized spacial score (nSPS) is 13.9. The standard InChI is InChI=1S/C32H28N4O7S/c1-33-23-5-4-6-27(20-23)44(40,41)36-17-15-26(16-18-36)42-24-10-12-25(13-11-24)43-31-14-9-22(21-34-31)19-30(37)35-29-8-3-2-7-28(29)32(38)39/h2-14,20-21,26H,15-19H2,(H,35,37)(H,38,39). The summed E-state index contributed by atoms with van der Waals surface area (Å²) in [6.45, 7) is 7.76. The minimum absolute atomic E-state index is 0.00747. The van der Waals surface area contributed by atoms with Gasteiger partial charge in [-0.05, 0) is 66.9 Å². The number of benzene rings is 3. The molecule has 1 aliphatic heterocycles. The Hall–Kier alpha value is -5.25. The molecule has 2 heterocycles. The molecular formula is C32H28N4O7S. The van der Waals surface area contributed by atoms with E-state index in [4.69, 9.17) is 16.0 Å². The van der Waals surface area contributed by atoms with Crippen LogP contribution in [-0.4, -0.2) is 53.9 Å². The number of rotatable bonds is 10. The average Bonchev–Trinajstić information content (AvgIpc) is 3.03. The van der Waals surface area contributed by atoms with Gasteiger partial charge in [0, 0.05) is 25.4 Å². The number of nitrogens with one attached hydrogen (secondary N) is 1. The number of ether oxygens (including phenoxy) is 2. The van der Waals surface area contributed by atoms with Crippen LogP contribution in [0, 0.1) is 6.57 Å². The summed E-state index contributed by atoms with van der Waals surface area (Å²) in [5.74, 6) is -0.0115. The molecule has 2 N–H and O–H groups in total. The molecule has 12 heteroatoms. The van der Waals surface area contributed by atoms with Crippen molar-refractivity contribution in [3.8, 4) is 17.4 Å². The Morgan fingerprint density at radius 3 is 2.39 bits per heavy atom. The number of piperidine rings is 1. The van der Waals surface area contributed by atoms with E-state index in [9.17, 15) is 23.1 Å². The Morgan fingerprint density at radius 1 is 0.977 bits per heavy atom. The van der Waals surface area contributed by atoms with Crippen LogP contribution >= 0.6 is 0 Å². The first-order chi connectivity index (χ1) is 21.2. The lowest BCUT2D eigenvalue weighted by Gasteiger charge is -2.31. The van der Waals surface area contributed by atoms with Crippen molar-refractivity contribution < 1.29 is 32.6 Å². The first kappa shape index (κ1) is 30.2. The number of hydrogen-bond donors (Lipinski definition) is 2. The van der Waals surface area contributed by atoms with Crippen molar-refractivity contribution >= 4 is 33.3 Å². The highest BCUT2D eigenvalue weighted by Gasteiger charge is 2.30. The van der Waals surface area contributed by atoms with Gasteiger partial charge in [-0.2, -0.15) is 4.31 Å². The van der Waals surface area contributed by atoms with Gasteiger partial charge in [0.25, 0.3) is 0 Å². The van der Waals surface area contributed by atoms with Crippen molar-refractivity contribution in [2.75, 3.05) is 18.4 Å². The molecule has 1 amide bonds. The molecule has 0 aliphatic carbocycles.